The SMILES string of the molecule is CC1CC(Nc2ncccc2S(C)(=O)=O)CCO1. The van der Waals surface area contributed by atoms with Crippen LogP contribution in [0.25, 0.3) is 0 Å². The predicted molar refractivity (Wildman–Crippen MR) is 69.4 cm³/mol. The molecule has 5 nitrogen and oxygen atoms in total. The number of pyridine rings is 1. The minimum atomic E-state index is -3.25. The maximum Gasteiger partial charge on any atom is 0.179 e. The molecular weight excluding hydrogens is 252 g/mol. The number of rotatable bonds is 3. The molecule has 18 heavy (non-hydrogen) atoms. The van der Waals surface area contributed by atoms with Crippen molar-refractivity contribution in [2.45, 2.75) is 36.8 Å². The van der Waals surface area contributed by atoms with Crippen LogP contribution in [0.15, 0.2) is 23.2 Å². The zero-order chi connectivity index (χ0) is 13.2. The van der Waals surface area contributed by atoms with Crippen LogP contribution in [0.2, 0.25) is 0 Å². The molecule has 2 atom stereocenters. The maximum atomic E-state index is 11.7. The van der Waals surface area contributed by atoms with Gasteiger partial charge >= 0.3 is 0 Å². The number of nitrogens with zero attached hydrogens (tertiary/aromatic N) is 1. The van der Waals surface area contributed by atoms with Gasteiger partial charge in [-0.05, 0) is 31.9 Å². The average molecular weight is 270 g/mol. The van der Waals surface area contributed by atoms with Crippen LogP contribution in [0.1, 0.15) is 19.8 Å². The first-order valence-corrected chi connectivity index (χ1v) is 7.89. The fourth-order valence-electron chi connectivity index (χ4n) is 2.12. The van der Waals surface area contributed by atoms with Crippen LogP contribution in [-0.2, 0) is 14.6 Å². The molecule has 0 amide bonds. The van der Waals surface area contributed by atoms with Crippen LogP contribution in [0.5, 0.6) is 0 Å². The van der Waals surface area contributed by atoms with E-state index >= 15 is 0 Å². The lowest BCUT2D eigenvalue weighted by atomic mass is 10.0. The van der Waals surface area contributed by atoms with Crippen molar-refractivity contribution in [1.82, 2.24) is 4.98 Å². The third kappa shape index (κ3) is 3.20. The summed E-state index contributed by atoms with van der Waals surface area (Å²) in [7, 11) is -3.25. The van der Waals surface area contributed by atoms with E-state index in [0.29, 0.717) is 12.4 Å². The highest BCUT2D eigenvalue weighted by Crippen LogP contribution is 2.22. The van der Waals surface area contributed by atoms with Crippen molar-refractivity contribution in [3.05, 3.63) is 18.3 Å². The molecule has 0 radical (unpaired) electrons. The number of hydrogen-bond acceptors (Lipinski definition) is 5. The Balaban J connectivity index is 2.19. The standard InChI is InChI=1S/C12H18N2O3S/c1-9-8-10(5-7-17-9)14-12-11(18(2,15)16)4-3-6-13-12/h3-4,6,9-10H,5,7-8H2,1-2H3,(H,13,14). The Labute approximate surface area is 107 Å². The maximum absolute atomic E-state index is 11.7. The van der Waals surface area contributed by atoms with Gasteiger partial charge in [-0.3, -0.25) is 0 Å². The van der Waals surface area contributed by atoms with Gasteiger partial charge in [-0.1, -0.05) is 0 Å². The lowest BCUT2D eigenvalue weighted by Crippen LogP contribution is -2.33. The topological polar surface area (TPSA) is 68.3 Å². The molecule has 1 N–H and O–H groups in total. The van der Waals surface area contributed by atoms with E-state index in [0.717, 1.165) is 12.8 Å². The molecule has 6 heteroatoms. The van der Waals surface area contributed by atoms with E-state index < -0.39 is 9.84 Å². The Bertz CT molecular complexity index is 516. The van der Waals surface area contributed by atoms with Crippen molar-refractivity contribution in [1.29, 1.82) is 0 Å². The van der Waals surface area contributed by atoms with E-state index in [4.69, 9.17) is 4.74 Å². The molecule has 1 aliphatic rings. The zero-order valence-electron chi connectivity index (χ0n) is 10.6. The lowest BCUT2D eigenvalue weighted by molar-refractivity contribution is 0.0231. The molecule has 0 saturated carbocycles. The number of nitrogens with one attached hydrogen (secondary N) is 1. The van der Waals surface area contributed by atoms with Crippen molar-refractivity contribution in [3.63, 3.8) is 0 Å². The number of aromatic nitrogens is 1. The summed E-state index contributed by atoms with van der Waals surface area (Å²) in [6.45, 7) is 2.71. The monoisotopic (exact) mass is 270 g/mol. The molecule has 1 aliphatic heterocycles. The van der Waals surface area contributed by atoms with E-state index in [2.05, 4.69) is 10.3 Å². The normalized spacial score (nSPS) is 24.8. The molecule has 2 unspecified atom stereocenters. The second-order valence-corrected chi connectivity index (χ2v) is 6.65. The van der Waals surface area contributed by atoms with Gasteiger partial charge in [0.1, 0.15) is 10.7 Å². The van der Waals surface area contributed by atoms with Gasteiger partial charge in [0.25, 0.3) is 0 Å². The minimum Gasteiger partial charge on any atom is -0.378 e. The third-order valence-corrected chi connectivity index (χ3v) is 4.12. The van der Waals surface area contributed by atoms with E-state index in [9.17, 15) is 8.42 Å². The molecule has 0 bridgehead atoms. The van der Waals surface area contributed by atoms with Crippen molar-refractivity contribution < 1.29 is 13.2 Å². The first kappa shape index (κ1) is 13.3. The highest BCUT2D eigenvalue weighted by molar-refractivity contribution is 7.90. The van der Waals surface area contributed by atoms with Gasteiger partial charge < -0.3 is 10.1 Å². The number of ether oxygens (including phenoxy) is 1. The first-order chi connectivity index (χ1) is 8.47. The summed E-state index contributed by atoms with van der Waals surface area (Å²) in [6.07, 6.45) is 4.72. The van der Waals surface area contributed by atoms with Gasteiger partial charge in [-0.25, -0.2) is 13.4 Å². The van der Waals surface area contributed by atoms with Crippen molar-refractivity contribution in [2.24, 2.45) is 0 Å². The van der Waals surface area contributed by atoms with Gasteiger partial charge in [-0.15, -0.1) is 0 Å². The molecule has 0 spiro atoms. The van der Waals surface area contributed by atoms with Crippen molar-refractivity contribution >= 4 is 15.7 Å². The van der Waals surface area contributed by atoms with Gasteiger partial charge in [-0.2, -0.15) is 0 Å². The fourth-order valence-corrected chi connectivity index (χ4v) is 2.91. The largest absolute Gasteiger partial charge is 0.378 e. The third-order valence-electron chi connectivity index (χ3n) is 3.00. The summed E-state index contributed by atoms with van der Waals surface area (Å²) in [5, 5.41) is 3.22. The Morgan fingerprint density at radius 3 is 2.94 bits per heavy atom. The summed E-state index contributed by atoms with van der Waals surface area (Å²) >= 11 is 0. The highest BCUT2D eigenvalue weighted by atomic mass is 32.2. The van der Waals surface area contributed by atoms with Gasteiger partial charge in [0.05, 0.1) is 6.10 Å². The number of anilines is 1. The second kappa shape index (κ2) is 5.24. The molecule has 1 fully saturated rings. The molecule has 2 rings (SSSR count). The summed E-state index contributed by atoms with van der Waals surface area (Å²) in [5.41, 5.74) is 0. The van der Waals surface area contributed by atoms with E-state index in [-0.39, 0.29) is 17.0 Å². The van der Waals surface area contributed by atoms with Crippen LogP contribution in [0, 0.1) is 0 Å². The Morgan fingerprint density at radius 2 is 2.28 bits per heavy atom. The second-order valence-electron chi connectivity index (χ2n) is 4.67. The summed E-state index contributed by atoms with van der Waals surface area (Å²) in [5.74, 6) is 0.444. The van der Waals surface area contributed by atoms with Crippen LogP contribution >= 0.6 is 0 Å². The van der Waals surface area contributed by atoms with Crippen LogP contribution in [0.4, 0.5) is 5.82 Å². The fraction of sp³-hybridized carbons (Fsp3) is 0.583. The molecule has 1 saturated heterocycles. The first-order valence-electron chi connectivity index (χ1n) is 6.00. The predicted octanol–water partition coefficient (Wildman–Crippen LogP) is 1.46. The lowest BCUT2D eigenvalue weighted by Gasteiger charge is -2.28. The highest BCUT2D eigenvalue weighted by Gasteiger charge is 2.22. The van der Waals surface area contributed by atoms with E-state index in [1.807, 2.05) is 6.92 Å². The summed E-state index contributed by atoms with van der Waals surface area (Å²) in [6, 6.07) is 3.42. The molecule has 0 aromatic carbocycles. The Hall–Kier alpha value is -1.14. The van der Waals surface area contributed by atoms with Crippen molar-refractivity contribution in [2.75, 3.05) is 18.2 Å². The molecule has 1 aromatic rings. The summed E-state index contributed by atoms with van der Waals surface area (Å²) in [4.78, 5) is 4.39. The van der Waals surface area contributed by atoms with Crippen LogP contribution < -0.4 is 5.32 Å². The van der Waals surface area contributed by atoms with E-state index in [1.54, 1.807) is 18.3 Å². The van der Waals surface area contributed by atoms with Gasteiger partial charge in [0.15, 0.2) is 9.84 Å². The molecule has 1 aromatic heterocycles. The zero-order valence-corrected chi connectivity index (χ0v) is 11.4. The summed E-state index contributed by atoms with van der Waals surface area (Å²) < 4.78 is 28.8. The number of sulfone groups is 1. The van der Waals surface area contributed by atoms with Crippen molar-refractivity contribution in [3.8, 4) is 0 Å². The Morgan fingerprint density at radius 1 is 1.50 bits per heavy atom. The van der Waals surface area contributed by atoms with Gasteiger partial charge in [0, 0.05) is 25.1 Å². The number of hydrogen-bond donors (Lipinski definition) is 1. The minimum absolute atomic E-state index is 0.196. The molecule has 0 aliphatic carbocycles. The molecule has 100 valence electrons. The Kier molecular flexibility index (Phi) is 3.87. The van der Waals surface area contributed by atoms with Crippen LogP contribution in [0.3, 0.4) is 0 Å². The quantitative estimate of drug-likeness (QED) is 0.900. The van der Waals surface area contributed by atoms with Gasteiger partial charge in [0.2, 0.25) is 0 Å². The van der Waals surface area contributed by atoms with E-state index in [1.165, 1.54) is 6.26 Å². The smallest absolute Gasteiger partial charge is 0.179 e. The average Bonchev–Trinajstić information content (AvgIpc) is 2.28. The van der Waals surface area contributed by atoms with Crippen LogP contribution in [-0.4, -0.2) is 38.4 Å². The molecular formula is C12H18N2O3S. The molecule has 2 heterocycles.